The van der Waals surface area contributed by atoms with Crippen LogP contribution in [-0.2, 0) is 6.42 Å². The maximum absolute atomic E-state index is 10.1. The van der Waals surface area contributed by atoms with E-state index in [0.29, 0.717) is 5.41 Å². The summed E-state index contributed by atoms with van der Waals surface area (Å²) in [5.74, 6) is 0. The monoisotopic (exact) mass is 256 g/mol. The summed E-state index contributed by atoms with van der Waals surface area (Å²) < 4.78 is 3.95. The van der Waals surface area contributed by atoms with Crippen molar-refractivity contribution in [1.82, 2.24) is 9.59 Å². The van der Waals surface area contributed by atoms with Gasteiger partial charge in [-0.05, 0) is 42.6 Å². The van der Waals surface area contributed by atoms with Gasteiger partial charge in [0, 0.05) is 0 Å². The van der Waals surface area contributed by atoms with Gasteiger partial charge in [-0.1, -0.05) is 38.6 Å². The molecule has 1 heterocycles. The first-order chi connectivity index (χ1) is 7.94. The van der Waals surface area contributed by atoms with Crippen LogP contribution in [-0.4, -0.2) is 14.7 Å². The Hall–Kier alpha value is -0.480. The summed E-state index contributed by atoms with van der Waals surface area (Å²) >= 11 is 1.34. The first kappa shape index (κ1) is 14.6. The van der Waals surface area contributed by atoms with Gasteiger partial charge in [-0.15, -0.1) is 5.10 Å². The minimum atomic E-state index is -0.376. The van der Waals surface area contributed by atoms with Crippen LogP contribution < -0.4 is 0 Å². The van der Waals surface area contributed by atoms with E-state index in [1.165, 1.54) is 11.5 Å². The summed E-state index contributed by atoms with van der Waals surface area (Å²) in [5, 5.41) is 14.2. The second kappa shape index (κ2) is 6.45. The third-order valence-electron chi connectivity index (χ3n) is 2.78. The van der Waals surface area contributed by atoms with Gasteiger partial charge in [0.25, 0.3) is 0 Å². The molecule has 0 radical (unpaired) electrons. The van der Waals surface area contributed by atoms with Crippen LogP contribution in [0.15, 0.2) is 0 Å². The number of aromatic nitrogens is 2. The molecule has 98 valence electrons. The van der Waals surface area contributed by atoms with E-state index >= 15 is 0 Å². The van der Waals surface area contributed by atoms with Gasteiger partial charge in [0.2, 0.25) is 0 Å². The van der Waals surface area contributed by atoms with Crippen LogP contribution in [0.3, 0.4) is 0 Å². The summed E-state index contributed by atoms with van der Waals surface area (Å²) in [6.45, 7) is 8.82. The topological polar surface area (TPSA) is 46.0 Å². The van der Waals surface area contributed by atoms with Crippen molar-refractivity contribution in [3.05, 3.63) is 10.6 Å². The Morgan fingerprint density at radius 1 is 1.35 bits per heavy atom. The number of aliphatic hydroxyl groups excluding tert-OH is 1. The Bertz CT molecular complexity index is 330. The Balaban J connectivity index is 2.46. The molecule has 3 nitrogen and oxygen atoms in total. The van der Waals surface area contributed by atoms with Crippen LogP contribution in [0.1, 0.15) is 70.1 Å². The summed E-state index contributed by atoms with van der Waals surface area (Å²) in [6.07, 6.45) is 4.60. The first-order valence-corrected chi connectivity index (χ1v) is 7.20. The number of rotatable bonds is 6. The molecule has 4 heteroatoms. The Morgan fingerprint density at radius 2 is 2.06 bits per heavy atom. The lowest BCUT2D eigenvalue weighted by Gasteiger charge is -2.18. The van der Waals surface area contributed by atoms with Gasteiger partial charge in [-0.25, -0.2) is 0 Å². The van der Waals surface area contributed by atoms with E-state index in [9.17, 15) is 5.11 Å². The SMILES string of the molecule is CCCc1nnsc1C(O)CCCC(C)(C)C. The van der Waals surface area contributed by atoms with Crippen molar-refractivity contribution in [3.8, 4) is 0 Å². The second-order valence-electron chi connectivity index (χ2n) is 5.80. The molecule has 0 fully saturated rings. The van der Waals surface area contributed by atoms with Crippen molar-refractivity contribution in [2.45, 2.75) is 65.9 Å². The number of nitrogens with zero attached hydrogens (tertiary/aromatic N) is 2. The van der Waals surface area contributed by atoms with Gasteiger partial charge < -0.3 is 5.11 Å². The number of aliphatic hydroxyl groups is 1. The molecule has 0 aliphatic rings. The molecule has 0 aliphatic carbocycles. The van der Waals surface area contributed by atoms with Gasteiger partial charge in [-0.3, -0.25) is 0 Å². The van der Waals surface area contributed by atoms with E-state index < -0.39 is 0 Å². The fourth-order valence-electron chi connectivity index (χ4n) is 1.84. The zero-order valence-electron chi connectivity index (χ0n) is 11.4. The van der Waals surface area contributed by atoms with Crippen LogP contribution >= 0.6 is 11.5 Å². The molecule has 0 spiro atoms. The number of hydrogen-bond acceptors (Lipinski definition) is 4. The molecule has 1 aromatic rings. The van der Waals surface area contributed by atoms with Crippen molar-refractivity contribution < 1.29 is 5.11 Å². The van der Waals surface area contributed by atoms with Gasteiger partial charge in [0.15, 0.2) is 0 Å². The van der Waals surface area contributed by atoms with Gasteiger partial charge in [0.1, 0.15) is 0 Å². The predicted molar refractivity (Wildman–Crippen MR) is 72.2 cm³/mol. The Morgan fingerprint density at radius 3 is 2.65 bits per heavy atom. The molecule has 1 atom stereocenters. The van der Waals surface area contributed by atoms with E-state index in [4.69, 9.17) is 0 Å². The highest BCUT2D eigenvalue weighted by Crippen LogP contribution is 2.29. The van der Waals surface area contributed by atoms with Crippen LogP contribution in [0, 0.1) is 5.41 Å². The van der Waals surface area contributed by atoms with Crippen molar-refractivity contribution in [1.29, 1.82) is 0 Å². The zero-order chi connectivity index (χ0) is 12.9. The van der Waals surface area contributed by atoms with Gasteiger partial charge >= 0.3 is 0 Å². The lowest BCUT2D eigenvalue weighted by molar-refractivity contribution is 0.160. The largest absolute Gasteiger partial charge is 0.387 e. The standard InChI is InChI=1S/C13H24N2OS/c1-5-7-10-12(17-15-14-10)11(16)8-6-9-13(2,3)4/h11,16H,5-9H2,1-4H3. The molecular formula is C13H24N2OS. The molecule has 0 aliphatic heterocycles. The van der Waals surface area contributed by atoms with E-state index in [2.05, 4.69) is 37.3 Å². The second-order valence-corrected chi connectivity index (χ2v) is 6.59. The molecule has 0 saturated carbocycles. The summed E-state index contributed by atoms with van der Waals surface area (Å²) in [4.78, 5) is 0.973. The molecule has 17 heavy (non-hydrogen) atoms. The highest BCUT2D eigenvalue weighted by Gasteiger charge is 2.17. The molecule has 1 N–H and O–H groups in total. The van der Waals surface area contributed by atoms with Crippen molar-refractivity contribution in [2.24, 2.45) is 5.41 Å². The number of hydrogen-bond donors (Lipinski definition) is 1. The van der Waals surface area contributed by atoms with E-state index in [1.807, 2.05) is 0 Å². The van der Waals surface area contributed by atoms with E-state index in [0.717, 1.165) is 42.7 Å². The average Bonchev–Trinajstić information content (AvgIpc) is 2.64. The lowest BCUT2D eigenvalue weighted by Crippen LogP contribution is -2.06. The van der Waals surface area contributed by atoms with Crippen LogP contribution in [0.2, 0.25) is 0 Å². The highest BCUT2D eigenvalue weighted by atomic mass is 32.1. The molecule has 0 amide bonds. The van der Waals surface area contributed by atoms with Crippen molar-refractivity contribution >= 4 is 11.5 Å². The van der Waals surface area contributed by atoms with Crippen LogP contribution in [0.5, 0.6) is 0 Å². The highest BCUT2D eigenvalue weighted by molar-refractivity contribution is 7.05. The third-order valence-corrected chi connectivity index (χ3v) is 3.65. The lowest BCUT2D eigenvalue weighted by atomic mass is 9.89. The zero-order valence-corrected chi connectivity index (χ0v) is 12.2. The maximum Gasteiger partial charge on any atom is 0.0917 e. The quantitative estimate of drug-likeness (QED) is 0.843. The molecule has 0 saturated heterocycles. The predicted octanol–water partition coefficient (Wildman–Crippen LogP) is 3.74. The normalized spacial score (nSPS) is 13.9. The summed E-state index contributed by atoms with van der Waals surface area (Å²) in [5.41, 5.74) is 1.33. The summed E-state index contributed by atoms with van der Waals surface area (Å²) in [7, 11) is 0. The van der Waals surface area contributed by atoms with Crippen LogP contribution in [0.4, 0.5) is 0 Å². The number of aryl methyl sites for hydroxylation is 1. The Labute approximate surface area is 108 Å². The van der Waals surface area contributed by atoms with Gasteiger partial charge in [-0.2, -0.15) is 0 Å². The van der Waals surface area contributed by atoms with Crippen molar-refractivity contribution in [3.63, 3.8) is 0 Å². The molecule has 0 bridgehead atoms. The average molecular weight is 256 g/mol. The van der Waals surface area contributed by atoms with Crippen LogP contribution in [0.25, 0.3) is 0 Å². The fourth-order valence-corrected chi connectivity index (χ4v) is 2.55. The molecule has 1 aromatic heterocycles. The van der Waals surface area contributed by atoms with Crippen molar-refractivity contribution in [2.75, 3.05) is 0 Å². The summed E-state index contributed by atoms with van der Waals surface area (Å²) in [6, 6.07) is 0. The minimum absolute atomic E-state index is 0.345. The molecule has 0 aromatic carbocycles. The molecule has 1 unspecified atom stereocenters. The maximum atomic E-state index is 10.1. The van der Waals surface area contributed by atoms with E-state index in [1.54, 1.807) is 0 Å². The Kier molecular flexibility index (Phi) is 5.53. The first-order valence-electron chi connectivity index (χ1n) is 6.43. The molecule has 1 rings (SSSR count). The fraction of sp³-hybridized carbons (Fsp3) is 0.846. The van der Waals surface area contributed by atoms with E-state index in [-0.39, 0.29) is 6.10 Å². The van der Waals surface area contributed by atoms with Gasteiger partial charge in [0.05, 0.1) is 16.7 Å². The smallest absolute Gasteiger partial charge is 0.0917 e. The minimum Gasteiger partial charge on any atom is -0.387 e. The third kappa shape index (κ3) is 5.13. The molecular weight excluding hydrogens is 232 g/mol.